The number of thiophene rings is 1. The SMILES string of the molecule is CS(=O)(=O)N(c1cc2c(cc1Sc1cccs1)C(=O)CC2)S(C)(=O)=O. The first kappa shape index (κ1) is 18.4. The number of hydrogen-bond acceptors (Lipinski definition) is 7. The smallest absolute Gasteiger partial charge is 0.245 e. The average molecular weight is 418 g/mol. The maximum Gasteiger partial charge on any atom is 0.245 e. The van der Waals surface area contributed by atoms with Crippen molar-refractivity contribution in [3.05, 3.63) is 40.8 Å². The number of benzene rings is 1. The van der Waals surface area contributed by atoms with Crippen LogP contribution in [0.2, 0.25) is 0 Å². The van der Waals surface area contributed by atoms with Gasteiger partial charge in [-0.3, -0.25) is 4.79 Å². The summed E-state index contributed by atoms with van der Waals surface area (Å²) in [6.07, 6.45) is 2.53. The molecule has 0 unspecified atom stereocenters. The Labute approximate surface area is 155 Å². The minimum absolute atomic E-state index is 0.0140. The van der Waals surface area contributed by atoms with Gasteiger partial charge in [0.05, 0.1) is 22.4 Å². The summed E-state index contributed by atoms with van der Waals surface area (Å²) in [6, 6.07) is 6.81. The van der Waals surface area contributed by atoms with Gasteiger partial charge in [-0.1, -0.05) is 17.8 Å². The van der Waals surface area contributed by atoms with E-state index >= 15 is 0 Å². The fraction of sp³-hybridized carbons (Fsp3) is 0.267. The van der Waals surface area contributed by atoms with Gasteiger partial charge in [-0.05, 0) is 35.6 Å². The van der Waals surface area contributed by atoms with E-state index in [1.807, 2.05) is 17.5 Å². The number of ketones is 1. The number of fused-ring (bicyclic) bond motifs is 1. The van der Waals surface area contributed by atoms with Crippen molar-refractivity contribution in [2.75, 3.05) is 16.2 Å². The Morgan fingerprint density at radius 1 is 1.08 bits per heavy atom. The number of Topliss-reactive ketones (excluding diaryl/α,β-unsaturated/α-hetero) is 1. The topological polar surface area (TPSA) is 88.6 Å². The van der Waals surface area contributed by atoms with Crippen molar-refractivity contribution < 1.29 is 21.6 Å². The first-order valence-electron chi connectivity index (χ1n) is 7.19. The average Bonchev–Trinajstić information content (AvgIpc) is 3.07. The summed E-state index contributed by atoms with van der Waals surface area (Å²) in [5.74, 6) is -0.0140. The minimum Gasteiger partial charge on any atom is -0.294 e. The number of rotatable bonds is 5. The number of aryl methyl sites for hydroxylation is 1. The lowest BCUT2D eigenvalue weighted by atomic mass is 10.1. The third-order valence-electron chi connectivity index (χ3n) is 3.61. The molecule has 0 radical (unpaired) electrons. The van der Waals surface area contributed by atoms with Crippen LogP contribution in [-0.4, -0.2) is 35.1 Å². The van der Waals surface area contributed by atoms with E-state index in [2.05, 4.69) is 0 Å². The van der Waals surface area contributed by atoms with E-state index in [0.29, 0.717) is 32.6 Å². The quantitative estimate of drug-likeness (QED) is 0.743. The minimum atomic E-state index is -4.06. The molecule has 134 valence electrons. The Bertz CT molecular complexity index is 1010. The lowest BCUT2D eigenvalue weighted by Gasteiger charge is -2.23. The Balaban J connectivity index is 2.25. The fourth-order valence-electron chi connectivity index (χ4n) is 2.72. The summed E-state index contributed by atoms with van der Waals surface area (Å²) in [4.78, 5) is 12.5. The number of anilines is 1. The zero-order valence-electron chi connectivity index (χ0n) is 13.4. The largest absolute Gasteiger partial charge is 0.294 e. The summed E-state index contributed by atoms with van der Waals surface area (Å²) in [5.41, 5.74) is 1.27. The van der Waals surface area contributed by atoms with Gasteiger partial charge in [-0.15, -0.1) is 11.3 Å². The van der Waals surface area contributed by atoms with Crippen LogP contribution in [0.3, 0.4) is 0 Å². The Hall–Kier alpha value is -1.36. The van der Waals surface area contributed by atoms with Crippen molar-refractivity contribution in [2.24, 2.45) is 0 Å². The number of carbonyl (C=O) groups is 1. The maximum absolute atomic E-state index is 12.2. The Kier molecular flexibility index (Phi) is 4.73. The highest BCUT2D eigenvalue weighted by atomic mass is 32.3. The molecular weight excluding hydrogens is 402 g/mol. The molecule has 0 aliphatic heterocycles. The molecule has 1 heterocycles. The molecule has 0 spiro atoms. The lowest BCUT2D eigenvalue weighted by molar-refractivity contribution is 0.0994. The van der Waals surface area contributed by atoms with Crippen LogP contribution in [0, 0.1) is 0 Å². The fourth-order valence-corrected chi connectivity index (χ4v) is 7.69. The molecule has 0 saturated heterocycles. The molecule has 0 bridgehead atoms. The molecule has 1 aromatic heterocycles. The van der Waals surface area contributed by atoms with Gasteiger partial charge in [0.1, 0.15) is 0 Å². The molecule has 1 aliphatic rings. The maximum atomic E-state index is 12.2. The summed E-state index contributed by atoms with van der Waals surface area (Å²) in [5, 5.41) is 1.87. The van der Waals surface area contributed by atoms with Crippen molar-refractivity contribution in [1.29, 1.82) is 0 Å². The second kappa shape index (κ2) is 6.42. The number of carbonyl (C=O) groups excluding carboxylic acids is 1. The van der Waals surface area contributed by atoms with Crippen molar-refractivity contribution in [3.8, 4) is 0 Å². The highest BCUT2D eigenvalue weighted by Crippen LogP contribution is 2.42. The van der Waals surface area contributed by atoms with E-state index < -0.39 is 20.0 Å². The summed E-state index contributed by atoms with van der Waals surface area (Å²) >= 11 is 2.69. The van der Waals surface area contributed by atoms with Gasteiger partial charge < -0.3 is 0 Å². The van der Waals surface area contributed by atoms with E-state index in [4.69, 9.17) is 0 Å². The highest BCUT2D eigenvalue weighted by molar-refractivity contribution is 8.09. The monoisotopic (exact) mass is 417 g/mol. The van der Waals surface area contributed by atoms with Crippen LogP contribution in [-0.2, 0) is 26.5 Å². The predicted octanol–water partition coefficient (Wildman–Crippen LogP) is 2.75. The normalized spacial score (nSPS) is 14.6. The first-order chi connectivity index (χ1) is 11.6. The third-order valence-corrected chi connectivity index (χ3v) is 8.92. The molecule has 0 fully saturated rings. The summed E-state index contributed by atoms with van der Waals surface area (Å²) in [7, 11) is -8.12. The third kappa shape index (κ3) is 3.76. The van der Waals surface area contributed by atoms with Crippen LogP contribution >= 0.6 is 23.1 Å². The van der Waals surface area contributed by atoms with Crippen LogP contribution in [0.5, 0.6) is 0 Å². The zero-order chi connectivity index (χ0) is 18.4. The van der Waals surface area contributed by atoms with Gasteiger partial charge in [-0.25, -0.2) is 16.8 Å². The highest BCUT2D eigenvalue weighted by Gasteiger charge is 2.32. The molecule has 6 nitrogen and oxygen atoms in total. The molecule has 2 aromatic rings. The molecule has 25 heavy (non-hydrogen) atoms. The Morgan fingerprint density at radius 3 is 2.32 bits per heavy atom. The van der Waals surface area contributed by atoms with Crippen molar-refractivity contribution in [3.63, 3.8) is 0 Å². The number of sulfonamides is 2. The van der Waals surface area contributed by atoms with Gasteiger partial charge in [0.15, 0.2) is 5.78 Å². The molecule has 0 N–H and O–H groups in total. The van der Waals surface area contributed by atoms with Crippen LogP contribution in [0.4, 0.5) is 5.69 Å². The van der Waals surface area contributed by atoms with Gasteiger partial charge in [-0.2, -0.15) is 3.71 Å². The van der Waals surface area contributed by atoms with Crippen LogP contribution < -0.4 is 3.71 Å². The van der Waals surface area contributed by atoms with Gasteiger partial charge >= 0.3 is 0 Å². The molecule has 0 atom stereocenters. The lowest BCUT2D eigenvalue weighted by Crippen LogP contribution is -2.35. The van der Waals surface area contributed by atoms with E-state index in [1.165, 1.54) is 29.2 Å². The summed E-state index contributed by atoms with van der Waals surface area (Å²) < 4.78 is 50.0. The second-order valence-corrected chi connectivity index (χ2v) is 11.8. The van der Waals surface area contributed by atoms with Gasteiger partial charge in [0.25, 0.3) is 0 Å². The van der Waals surface area contributed by atoms with Gasteiger partial charge in [0, 0.05) is 16.9 Å². The predicted molar refractivity (Wildman–Crippen MR) is 99.7 cm³/mol. The molecule has 1 aliphatic carbocycles. The zero-order valence-corrected chi connectivity index (χ0v) is 16.7. The van der Waals surface area contributed by atoms with Crippen molar-refractivity contribution >= 4 is 54.6 Å². The van der Waals surface area contributed by atoms with Crippen LogP contribution in [0.25, 0.3) is 0 Å². The molecule has 0 saturated carbocycles. The van der Waals surface area contributed by atoms with Crippen molar-refractivity contribution in [1.82, 2.24) is 0 Å². The van der Waals surface area contributed by atoms with E-state index in [-0.39, 0.29) is 11.5 Å². The van der Waals surface area contributed by atoms with Crippen molar-refractivity contribution in [2.45, 2.75) is 21.9 Å². The first-order valence-corrected chi connectivity index (χ1v) is 12.6. The summed E-state index contributed by atoms with van der Waals surface area (Å²) in [6.45, 7) is 0. The molecule has 0 amide bonds. The molecular formula is C15H15NO5S4. The van der Waals surface area contributed by atoms with Crippen LogP contribution in [0.1, 0.15) is 22.3 Å². The van der Waals surface area contributed by atoms with Crippen LogP contribution in [0.15, 0.2) is 38.8 Å². The number of nitrogens with zero attached hydrogens (tertiary/aromatic N) is 1. The standard InChI is InChI=1S/C15H15NO5S4/c1-24(18,19)16(25(2,20)21)12-8-10-5-6-13(17)11(10)9-14(12)23-15-4-3-7-22-15/h3-4,7-9H,5-6H2,1-2H3. The molecule has 3 rings (SSSR count). The Morgan fingerprint density at radius 2 is 1.76 bits per heavy atom. The number of hydrogen-bond donors (Lipinski definition) is 0. The van der Waals surface area contributed by atoms with Gasteiger partial charge in [0.2, 0.25) is 20.0 Å². The van der Waals surface area contributed by atoms with E-state index in [0.717, 1.165) is 16.7 Å². The second-order valence-electron chi connectivity index (χ2n) is 5.66. The van der Waals surface area contributed by atoms with E-state index in [1.54, 1.807) is 6.07 Å². The molecule has 10 heteroatoms. The van der Waals surface area contributed by atoms with E-state index in [9.17, 15) is 21.6 Å². The molecule has 1 aromatic carbocycles.